The number of anilines is 1. The molecule has 1 aliphatic rings. The Morgan fingerprint density at radius 1 is 1.05 bits per heavy atom. The first-order valence-electron chi connectivity index (χ1n) is 6.72. The summed E-state index contributed by atoms with van der Waals surface area (Å²) in [7, 11) is 0. The van der Waals surface area contributed by atoms with Crippen molar-refractivity contribution in [2.45, 2.75) is 18.9 Å². The van der Waals surface area contributed by atoms with E-state index in [1.807, 2.05) is 30.5 Å². The lowest BCUT2D eigenvalue weighted by Crippen LogP contribution is -2.40. The number of piperidine rings is 1. The minimum absolute atomic E-state index is 0.327. The molecule has 1 aromatic carbocycles. The average Bonchev–Trinajstić information content (AvgIpc) is 2.49. The van der Waals surface area contributed by atoms with Crippen LogP contribution in [0.1, 0.15) is 12.8 Å². The summed E-state index contributed by atoms with van der Waals surface area (Å²) in [5.41, 5.74) is 8.03. The fourth-order valence-electron chi connectivity index (χ4n) is 2.37. The van der Waals surface area contributed by atoms with Gasteiger partial charge in [-0.05, 0) is 18.9 Å². The fourth-order valence-corrected chi connectivity index (χ4v) is 2.37. The molecule has 4 heteroatoms. The highest BCUT2D eigenvalue weighted by Crippen LogP contribution is 2.20. The van der Waals surface area contributed by atoms with Crippen LogP contribution in [0.2, 0.25) is 0 Å². The van der Waals surface area contributed by atoms with Crippen molar-refractivity contribution in [2.24, 2.45) is 5.73 Å². The second-order valence-corrected chi connectivity index (χ2v) is 4.93. The first-order chi connectivity index (χ1) is 9.33. The Morgan fingerprint density at radius 2 is 1.79 bits per heavy atom. The summed E-state index contributed by atoms with van der Waals surface area (Å²) in [5, 5.41) is 0. The van der Waals surface area contributed by atoms with E-state index in [4.69, 9.17) is 5.73 Å². The van der Waals surface area contributed by atoms with Gasteiger partial charge in [-0.1, -0.05) is 30.3 Å². The van der Waals surface area contributed by atoms with Crippen molar-refractivity contribution in [3.05, 3.63) is 42.6 Å². The molecule has 4 nitrogen and oxygen atoms in total. The molecule has 0 unspecified atom stereocenters. The largest absolute Gasteiger partial charge is 0.341 e. The summed E-state index contributed by atoms with van der Waals surface area (Å²) in [4.78, 5) is 11.3. The Balaban J connectivity index is 1.84. The molecule has 2 aromatic rings. The maximum atomic E-state index is 5.93. The van der Waals surface area contributed by atoms with Gasteiger partial charge in [-0.2, -0.15) is 0 Å². The number of nitrogens with zero attached hydrogens (tertiary/aromatic N) is 3. The molecule has 0 spiro atoms. The van der Waals surface area contributed by atoms with Crippen LogP contribution in [-0.4, -0.2) is 29.1 Å². The predicted octanol–water partition coefficient (Wildman–Crippen LogP) is 2.07. The normalized spacial score (nSPS) is 16.6. The molecule has 19 heavy (non-hydrogen) atoms. The third-order valence-corrected chi connectivity index (χ3v) is 3.53. The highest BCUT2D eigenvalue weighted by Gasteiger charge is 2.18. The minimum Gasteiger partial charge on any atom is -0.341 e. The van der Waals surface area contributed by atoms with Crippen LogP contribution in [0.4, 0.5) is 5.95 Å². The van der Waals surface area contributed by atoms with Gasteiger partial charge < -0.3 is 10.6 Å². The summed E-state index contributed by atoms with van der Waals surface area (Å²) in [6.45, 7) is 1.89. The van der Waals surface area contributed by atoms with E-state index in [0.29, 0.717) is 6.04 Å². The van der Waals surface area contributed by atoms with Crippen LogP contribution >= 0.6 is 0 Å². The molecule has 0 bridgehead atoms. The zero-order valence-corrected chi connectivity index (χ0v) is 10.9. The maximum absolute atomic E-state index is 5.93. The van der Waals surface area contributed by atoms with Gasteiger partial charge in [0.25, 0.3) is 0 Å². The number of benzene rings is 1. The molecular formula is C15H18N4. The predicted molar refractivity (Wildman–Crippen MR) is 76.9 cm³/mol. The van der Waals surface area contributed by atoms with Crippen LogP contribution < -0.4 is 10.6 Å². The van der Waals surface area contributed by atoms with Crippen molar-refractivity contribution < 1.29 is 0 Å². The second-order valence-electron chi connectivity index (χ2n) is 4.93. The van der Waals surface area contributed by atoms with E-state index in [2.05, 4.69) is 27.0 Å². The standard InChI is InChI=1S/C15H18N4/c16-13-7-10-19(11-8-13)15-17-9-6-14(18-15)12-4-2-1-3-5-12/h1-6,9,13H,7-8,10-11,16H2. The zero-order chi connectivity index (χ0) is 13.1. The SMILES string of the molecule is NC1CCN(c2nccc(-c3ccccc3)n2)CC1. The number of hydrogen-bond donors (Lipinski definition) is 1. The first-order valence-corrected chi connectivity index (χ1v) is 6.72. The summed E-state index contributed by atoms with van der Waals surface area (Å²) < 4.78 is 0. The van der Waals surface area contributed by atoms with Gasteiger partial charge in [0.2, 0.25) is 5.95 Å². The van der Waals surface area contributed by atoms with E-state index in [1.54, 1.807) is 0 Å². The van der Waals surface area contributed by atoms with Crippen molar-refractivity contribution in [2.75, 3.05) is 18.0 Å². The lowest BCUT2D eigenvalue weighted by atomic mass is 10.1. The number of hydrogen-bond acceptors (Lipinski definition) is 4. The molecule has 1 saturated heterocycles. The zero-order valence-electron chi connectivity index (χ0n) is 10.9. The number of rotatable bonds is 2. The van der Waals surface area contributed by atoms with Crippen LogP contribution in [0.25, 0.3) is 11.3 Å². The van der Waals surface area contributed by atoms with Crippen LogP contribution in [0.5, 0.6) is 0 Å². The monoisotopic (exact) mass is 254 g/mol. The van der Waals surface area contributed by atoms with Crippen molar-refractivity contribution in [3.8, 4) is 11.3 Å². The van der Waals surface area contributed by atoms with Crippen LogP contribution in [0.3, 0.4) is 0 Å². The highest BCUT2D eigenvalue weighted by molar-refractivity contribution is 5.59. The van der Waals surface area contributed by atoms with E-state index < -0.39 is 0 Å². The summed E-state index contributed by atoms with van der Waals surface area (Å²) in [5.74, 6) is 0.813. The molecule has 2 heterocycles. The van der Waals surface area contributed by atoms with Crippen LogP contribution in [-0.2, 0) is 0 Å². The quantitative estimate of drug-likeness (QED) is 0.891. The van der Waals surface area contributed by atoms with Gasteiger partial charge in [-0.3, -0.25) is 0 Å². The van der Waals surface area contributed by atoms with E-state index in [1.165, 1.54) is 0 Å². The highest BCUT2D eigenvalue weighted by atomic mass is 15.3. The molecule has 1 aliphatic heterocycles. The molecule has 0 atom stereocenters. The van der Waals surface area contributed by atoms with Gasteiger partial charge in [0.15, 0.2) is 0 Å². The fraction of sp³-hybridized carbons (Fsp3) is 0.333. The summed E-state index contributed by atoms with van der Waals surface area (Å²) in [6, 6.07) is 12.5. The summed E-state index contributed by atoms with van der Waals surface area (Å²) in [6.07, 6.45) is 3.86. The van der Waals surface area contributed by atoms with Gasteiger partial charge in [0, 0.05) is 30.9 Å². The second kappa shape index (κ2) is 5.36. The molecule has 2 N–H and O–H groups in total. The van der Waals surface area contributed by atoms with E-state index in [-0.39, 0.29) is 0 Å². The number of nitrogens with two attached hydrogens (primary N) is 1. The molecule has 0 radical (unpaired) electrons. The Labute approximate surface area is 113 Å². The van der Waals surface area contributed by atoms with Gasteiger partial charge >= 0.3 is 0 Å². The van der Waals surface area contributed by atoms with Gasteiger partial charge in [-0.15, -0.1) is 0 Å². The number of aromatic nitrogens is 2. The first kappa shape index (κ1) is 12.1. The lowest BCUT2D eigenvalue weighted by molar-refractivity contribution is 0.495. The third kappa shape index (κ3) is 2.74. The molecule has 1 aromatic heterocycles. The average molecular weight is 254 g/mol. The molecule has 3 rings (SSSR count). The van der Waals surface area contributed by atoms with E-state index in [9.17, 15) is 0 Å². The molecule has 98 valence electrons. The molecule has 0 amide bonds. The Hall–Kier alpha value is -1.94. The van der Waals surface area contributed by atoms with Gasteiger partial charge in [0.05, 0.1) is 5.69 Å². The maximum Gasteiger partial charge on any atom is 0.225 e. The smallest absolute Gasteiger partial charge is 0.225 e. The van der Waals surface area contributed by atoms with Crippen molar-refractivity contribution in [1.29, 1.82) is 0 Å². The Bertz CT molecular complexity index is 533. The van der Waals surface area contributed by atoms with Crippen LogP contribution in [0, 0.1) is 0 Å². The lowest BCUT2D eigenvalue weighted by Gasteiger charge is -2.30. The van der Waals surface area contributed by atoms with Crippen molar-refractivity contribution in [1.82, 2.24) is 9.97 Å². The van der Waals surface area contributed by atoms with Crippen molar-refractivity contribution >= 4 is 5.95 Å². The molecule has 0 saturated carbocycles. The van der Waals surface area contributed by atoms with E-state index in [0.717, 1.165) is 43.1 Å². The van der Waals surface area contributed by atoms with Crippen molar-refractivity contribution in [3.63, 3.8) is 0 Å². The topological polar surface area (TPSA) is 55.0 Å². The Kier molecular flexibility index (Phi) is 3.42. The summed E-state index contributed by atoms with van der Waals surface area (Å²) >= 11 is 0. The molecule has 1 fully saturated rings. The Morgan fingerprint density at radius 3 is 2.53 bits per heavy atom. The van der Waals surface area contributed by atoms with Crippen LogP contribution in [0.15, 0.2) is 42.6 Å². The van der Waals surface area contributed by atoms with E-state index >= 15 is 0 Å². The van der Waals surface area contributed by atoms with Gasteiger partial charge in [-0.25, -0.2) is 9.97 Å². The molecular weight excluding hydrogens is 236 g/mol. The van der Waals surface area contributed by atoms with Gasteiger partial charge in [0.1, 0.15) is 0 Å². The minimum atomic E-state index is 0.327. The molecule has 0 aliphatic carbocycles. The third-order valence-electron chi connectivity index (χ3n) is 3.53.